The van der Waals surface area contributed by atoms with Crippen molar-refractivity contribution in [3.05, 3.63) is 28.0 Å². The first-order valence-corrected chi connectivity index (χ1v) is 6.27. The summed E-state index contributed by atoms with van der Waals surface area (Å²) in [5.41, 5.74) is 0.389. The van der Waals surface area contributed by atoms with E-state index in [2.05, 4.69) is 5.32 Å². The van der Waals surface area contributed by atoms with Crippen LogP contribution in [0, 0.1) is 5.92 Å². The van der Waals surface area contributed by atoms with Crippen LogP contribution in [0.15, 0.2) is 22.4 Å². The predicted octanol–water partition coefficient (Wildman–Crippen LogP) is 1.74. The number of aliphatic hydroxyl groups is 1. The second kappa shape index (κ2) is 4.33. The molecule has 1 aliphatic rings. The van der Waals surface area contributed by atoms with Gasteiger partial charge in [0, 0.05) is 10.9 Å². The summed E-state index contributed by atoms with van der Waals surface area (Å²) in [6, 6.07) is 1.15. The summed E-state index contributed by atoms with van der Waals surface area (Å²) in [6.45, 7) is 3.71. The number of carbonyl (C=O) groups is 2. The Kier molecular flexibility index (Phi) is 3.02. The van der Waals surface area contributed by atoms with Crippen LogP contribution in [-0.4, -0.2) is 22.8 Å². The van der Waals surface area contributed by atoms with Crippen LogP contribution in [0.4, 0.5) is 0 Å². The van der Waals surface area contributed by atoms with Crippen LogP contribution in [0.5, 0.6) is 0 Å². The predicted molar refractivity (Wildman–Crippen MR) is 65.6 cm³/mol. The van der Waals surface area contributed by atoms with Crippen LogP contribution in [0.1, 0.15) is 19.4 Å². The molecule has 1 aromatic heterocycles. The van der Waals surface area contributed by atoms with Gasteiger partial charge in [0.25, 0.3) is 5.91 Å². The number of nitrogens with one attached hydrogen (secondary N) is 1. The Morgan fingerprint density at radius 3 is 2.65 bits per heavy atom. The van der Waals surface area contributed by atoms with Gasteiger partial charge >= 0.3 is 0 Å². The second-order valence-corrected chi connectivity index (χ2v) is 5.08. The molecule has 1 aromatic rings. The minimum atomic E-state index is -0.529. The van der Waals surface area contributed by atoms with E-state index in [0.717, 1.165) is 0 Å². The molecular weight excluding hydrogens is 238 g/mol. The van der Waals surface area contributed by atoms with E-state index in [1.165, 1.54) is 11.3 Å². The molecule has 4 nitrogen and oxygen atoms in total. The summed E-state index contributed by atoms with van der Waals surface area (Å²) in [6.07, 6.45) is 0. The van der Waals surface area contributed by atoms with Gasteiger partial charge in [-0.15, -0.1) is 0 Å². The molecule has 1 amide bonds. The van der Waals surface area contributed by atoms with Crippen LogP contribution in [0.25, 0.3) is 5.76 Å². The topological polar surface area (TPSA) is 66.4 Å². The molecule has 2 heterocycles. The van der Waals surface area contributed by atoms with Gasteiger partial charge in [-0.05, 0) is 17.4 Å². The molecular formula is C12H13NO3S. The lowest BCUT2D eigenvalue weighted by Crippen LogP contribution is -2.33. The lowest BCUT2D eigenvalue weighted by molar-refractivity contribution is -0.117. The number of ketones is 1. The molecule has 0 aromatic carbocycles. The molecule has 0 bridgehead atoms. The molecule has 1 aliphatic heterocycles. The number of thiophene rings is 1. The van der Waals surface area contributed by atoms with E-state index in [-0.39, 0.29) is 23.0 Å². The van der Waals surface area contributed by atoms with Crippen LogP contribution < -0.4 is 5.32 Å². The van der Waals surface area contributed by atoms with Crippen molar-refractivity contribution >= 4 is 28.8 Å². The Bertz CT molecular complexity index is 488. The number of Topliss-reactive ketones (excluding diaryl/α,β-unsaturated/α-hetero) is 1. The smallest absolute Gasteiger partial charge is 0.259 e. The minimum Gasteiger partial charge on any atom is -0.506 e. The van der Waals surface area contributed by atoms with Crippen LogP contribution in [-0.2, 0) is 9.59 Å². The van der Waals surface area contributed by atoms with E-state index in [1.54, 1.807) is 16.8 Å². The van der Waals surface area contributed by atoms with Gasteiger partial charge in [0.05, 0.1) is 6.04 Å². The van der Waals surface area contributed by atoms with E-state index in [9.17, 15) is 14.7 Å². The van der Waals surface area contributed by atoms with Crippen molar-refractivity contribution in [1.82, 2.24) is 5.32 Å². The number of amides is 1. The lowest BCUT2D eigenvalue weighted by Gasteiger charge is -2.10. The first kappa shape index (κ1) is 11.9. The van der Waals surface area contributed by atoms with Crippen molar-refractivity contribution in [2.24, 2.45) is 5.92 Å². The average Bonchev–Trinajstić information content (AvgIpc) is 2.86. The monoisotopic (exact) mass is 251 g/mol. The molecule has 0 saturated carbocycles. The summed E-state index contributed by atoms with van der Waals surface area (Å²) in [5.74, 6) is -1.03. The summed E-state index contributed by atoms with van der Waals surface area (Å²) in [4.78, 5) is 23.7. The van der Waals surface area contributed by atoms with Gasteiger partial charge in [0.15, 0.2) is 5.78 Å². The van der Waals surface area contributed by atoms with E-state index in [0.29, 0.717) is 5.56 Å². The zero-order valence-corrected chi connectivity index (χ0v) is 10.4. The SMILES string of the molecule is CC(C)[C@@H]1NC(=O)/C(=C(\O)c2ccsc2)C1=O. The molecule has 90 valence electrons. The standard InChI is InChI=1S/C12H13NO3S/c1-6(2)9-11(15)8(12(16)13-9)10(14)7-3-4-17-5-7/h3-6,9,14H,1-2H3,(H,13,16)/b10-8-/t9-/m0/s1. The zero-order chi connectivity index (χ0) is 12.6. The Morgan fingerprint density at radius 2 is 2.18 bits per heavy atom. The van der Waals surface area contributed by atoms with Crippen LogP contribution in [0.3, 0.4) is 0 Å². The van der Waals surface area contributed by atoms with Gasteiger partial charge in [0.1, 0.15) is 11.3 Å². The first-order chi connectivity index (χ1) is 8.02. The average molecular weight is 251 g/mol. The quantitative estimate of drug-likeness (QED) is 0.478. The van der Waals surface area contributed by atoms with Gasteiger partial charge in [-0.3, -0.25) is 9.59 Å². The Morgan fingerprint density at radius 1 is 1.47 bits per heavy atom. The zero-order valence-electron chi connectivity index (χ0n) is 9.56. The third-order valence-corrected chi connectivity index (χ3v) is 3.42. The molecule has 1 fully saturated rings. The van der Waals surface area contributed by atoms with Gasteiger partial charge < -0.3 is 10.4 Å². The van der Waals surface area contributed by atoms with E-state index in [4.69, 9.17) is 0 Å². The van der Waals surface area contributed by atoms with Gasteiger partial charge in [-0.25, -0.2) is 0 Å². The van der Waals surface area contributed by atoms with Gasteiger partial charge in [-0.1, -0.05) is 13.8 Å². The molecule has 0 radical (unpaired) electrons. The second-order valence-electron chi connectivity index (χ2n) is 4.30. The summed E-state index contributed by atoms with van der Waals surface area (Å²) in [7, 11) is 0. The fourth-order valence-electron chi connectivity index (χ4n) is 1.78. The Labute approximate surface area is 103 Å². The normalized spacial score (nSPS) is 23.1. The number of aliphatic hydroxyl groups excluding tert-OH is 1. The van der Waals surface area contributed by atoms with Crippen molar-refractivity contribution in [3.63, 3.8) is 0 Å². The van der Waals surface area contributed by atoms with Gasteiger partial charge in [-0.2, -0.15) is 11.3 Å². The van der Waals surface area contributed by atoms with Crippen molar-refractivity contribution in [2.45, 2.75) is 19.9 Å². The molecule has 1 saturated heterocycles. The van der Waals surface area contributed by atoms with Crippen LogP contribution >= 0.6 is 11.3 Å². The molecule has 1 atom stereocenters. The third-order valence-electron chi connectivity index (χ3n) is 2.74. The molecule has 0 unspecified atom stereocenters. The van der Waals surface area contributed by atoms with E-state index < -0.39 is 11.9 Å². The molecule has 2 N–H and O–H groups in total. The number of hydrogen-bond donors (Lipinski definition) is 2. The van der Waals surface area contributed by atoms with Crippen molar-refractivity contribution < 1.29 is 14.7 Å². The highest BCUT2D eigenvalue weighted by molar-refractivity contribution is 7.08. The van der Waals surface area contributed by atoms with Crippen LogP contribution in [0.2, 0.25) is 0 Å². The fourth-order valence-corrected chi connectivity index (χ4v) is 2.42. The van der Waals surface area contributed by atoms with Crippen molar-refractivity contribution in [2.75, 3.05) is 0 Å². The van der Waals surface area contributed by atoms with E-state index in [1.807, 2.05) is 13.8 Å². The Balaban J connectivity index is 2.43. The fraction of sp³-hybridized carbons (Fsp3) is 0.333. The molecule has 5 heteroatoms. The number of hydrogen-bond acceptors (Lipinski definition) is 4. The van der Waals surface area contributed by atoms with E-state index >= 15 is 0 Å². The maximum absolute atomic E-state index is 12.0. The number of rotatable bonds is 2. The molecule has 0 aliphatic carbocycles. The first-order valence-electron chi connectivity index (χ1n) is 5.33. The molecule has 2 rings (SSSR count). The van der Waals surface area contributed by atoms with Crippen molar-refractivity contribution in [1.29, 1.82) is 0 Å². The highest BCUT2D eigenvalue weighted by Crippen LogP contribution is 2.25. The highest BCUT2D eigenvalue weighted by Gasteiger charge is 2.40. The largest absolute Gasteiger partial charge is 0.506 e. The summed E-state index contributed by atoms with van der Waals surface area (Å²) >= 11 is 1.40. The third kappa shape index (κ3) is 1.98. The molecule has 0 spiro atoms. The lowest BCUT2D eigenvalue weighted by atomic mass is 9.98. The summed E-state index contributed by atoms with van der Waals surface area (Å²) in [5, 5.41) is 16.0. The molecule has 17 heavy (non-hydrogen) atoms. The Hall–Kier alpha value is -1.62. The maximum atomic E-state index is 12.0. The van der Waals surface area contributed by atoms with Gasteiger partial charge in [0.2, 0.25) is 0 Å². The maximum Gasteiger partial charge on any atom is 0.259 e. The summed E-state index contributed by atoms with van der Waals surface area (Å²) < 4.78 is 0. The van der Waals surface area contributed by atoms with Crippen molar-refractivity contribution in [3.8, 4) is 0 Å². The highest BCUT2D eigenvalue weighted by atomic mass is 32.1. The number of carbonyl (C=O) groups excluding carboxylic acids is 2. The minimum absolute atomic E-state index is 0.0132.